The molecule has 0 aromatic rings. The summed E-state index contributed by atoms with van der Waals surface area (Å²) in [5, 5.41) is 15.3. The van der Waals surface area contributed by atoms with Gasteiger partial charge < -0.3 is 10.4 Å². The van der Waals surface area contributed by atoms with Crippen molar-refractivity contribution in [2.24, 2.45) is 11.8 Å². The zero-order chi connectivity index (χ0) is 15.3. The van der Waals surface area contributed by atoms with Crippen molar-refractivity contribution < 1.29 is 14.7 Å². The fourth-order valence-corrected chi connectivity index (χ4v) is 2.94. The highest BCUT2D eigenvalue weighted by Crippen LogP contribution is 2.27. The van der Waals surface area contributed by atoms with Crippen LogP contribution in [-0.2, 0) is 9.59 Å². The fourth-order valence-electron chi connectivity index (χ4n) is 2.94. The highest BCUT2D eigenvalue weighted by atomic mass is 35.5. The van der Waals surface area contributed by atoms with Gasteiger partial charge in [0.05, 0.1) is 0 Å². The van der Waals surface area contributed by atoms with Gasteiger partial charge >= 0.3 is 5.97 Å². The molecule has 1 fully saturated rings. The van der Waals surface area contributed by atoms with Crippen LogP contribution in [0.25, 0.3) is 0 Å². The zero-order valence-corrected chi connectivity index (χ0v) is 13.9. The Morgan fingerprint density at radius 3 is 2.48 bits per heavy atom. The van der Waals surface area contributed by atoms with Gasteiger partial charge in [0.1, 0.15) is 6.04 Å². The molecule has 0 saturated carbocycles. The first-order valence-electron chi connectivity index (χ1n) is 7.23. The number of carbonyl (C=O) groups excluding carboxylic acids is 1. The minimum absolute atomic E-state index is 0. The first-order chi connectivity index (χ1) is 9.35. The summed E-state index contributed by atoms with van der Waals surface area (Å²) in [5.41, 5.74) is 0. The SMILES string of the molecule is C/C=C/[C@@H]1C[C@H](C(=O)O)N[C@H]1[C@H](CC(C)C)NC(C)=O.Cl. The van der Waals surface area contributed by atoms with Gasteiger partial charge in [-0.1, -0.05) is 26.0 Å². The summed E-state index contributed by atoms with van der Waals surface area (Å²) in [6.07, 6.45) is 5.38. The van der Waals surface area contributed by atoms with E-state index in [2.05, 4.69) is 24.5 Å². The molecule has 1 aliphatic heterocycles. The van der Waals surface area contributed by atoms with Crippen molar-refractivity contribution in [3.05, 3.63) is 12.2 Å². The number of hydrogen-bond donors (Lipinski definition) is 3. The molecule has 4 atom stereocenters. The van der Waals surface area contributed by atoms with Crippen molar-refractivity contribution >= 4 is 24.3 Å². The summed E-state index contributed by atoms with van der Waals surface area (Å²) < 4.78 is 0. The molecule has 122 valence electrons. The number of amides is 1. The van der Waals surface area contributed by atoms with Gasteiger partial charge in [-0.15, -0.1) is 12.4 Å². The zero-order valence-electron chi connectivity index (χ0n) is 13.1. The molecule has 21 heavy (non-hydrogen) atoms. The molecule has 3 N–H and O–H groups in total. The summed E-state index contributed by atoms with van der Waals surface area (Å²) in [6, 6.07) is -0.610. The van der Waals surface area contributed by atoms with Crippen molar-refractivity contribution in [1.29, 1.82) is 0 Å². The summed E-state index contributed by atoms with van der Waals surface area (Å²) in [5.74, 6) is -0.330. The van der Waals surface area contributed by atoms with Crippen LogP contribution in [0.4, 0.5) is 0 Å². The molecule has 0 bridgehead atoms. The van der Waals surface area contributed by atoms with E-state index in [0.717, 1.165) is 6.42 Å². The summed E-state index contributed by atoms with van der Waals surface area (Å²) >= 11 is 0. The van der Waals surface area contributed by atoms with Gasteiger partial charge in [0, 0.05) is 19.0 Å². The maximum Gasteiger partial charge on any atom is 0.320 e. The molecule has 5 nitrogen and oxygen atoms in total. The minimum atomic E-state index is -0.826. The number of rotatable bonds is 6. The monoisotopic (exact) mass is 318 g/mol. The van der Waals surface area contributed by atoms with Crippen LogP contribution >= 0.6 is 12.4 Å². The van der Waals surface area contributed by atoms with Crippen molar-refractivity contribution in [2.45, 2.75) is 58.7 Å². The second kappa shape index (κ2) is 9.05. The summed E-state index contributed by atoms with van der Waals surface area (Å²) in [7, 11) is 0. The lowest BCUT2D eigenvalue weighted by Gasteiger charge is -2.29. The molecular formula is C15H27ClN2O3. The Labute approximate surface area is 133 Å². The Kier molecular flexibility index (Phi) is 8.59. The Hall–Kier alpha value is -1.07. The molecular weight excluding hydrogens is 292 g/mol. The Bertz CT molecular complexity index is 385. The highest BCUT2D eigenvalue weighted by molar-refractivity contribution is 5.85. The molecule has 0 spiro atoms. The van der Waals surface area contributed by atoms with Crippen LogP contribution in [0, 0.1) is 11.8 Å². The lowest BCUT2D eigenvalue weighted by Crippen LogP contribution is -2.51. The molecule has 0 radical (unpaired) electrons. The Balaban J connectivity index is 0.00000400. The average molecular weight is 319 g/mol. The van der Waals surface area contributed by atoms with E-state index in [1.807, 2.05) is 19.1 Å². The van der Waals surface area contributed by atoms with Crippen molar-refractivity contribution in [2.75, 3.05) is 0 Å². The van der Waals surface area contributed by atoms with E-state index in [0.29, 0.717) is 12.3 Å². The molecule has 1 heterocycles. The fraction of sp³-hybridized carbons (Fsp3) is 0.733. The number of halogens is 1. The second-order valence-electron chi connectivity index (χ2n) is 5.95. The lowest BCUT2D eigenvalue weighted by atomic mass is 9.88. The molecule has 1 aliphatic rings. The maximum atomic E-state index is 11.4. The van der Waals surface area contributed by atoms with Gasteiger partial charge in [-0.05, 0) is 31.6 Å². The largest absolute Gasteiger partial charge is 0.480 e. The van der Waals surface area contributed by atoms with Crippen LogP contribution in [0.2, 0.25) is 0 Å². The third kappa shape index (κ3) is 6.06. The smallest absolute Gasteiger partial charge is 0.320 e. The molecule has 1 saturated heterocycles. The second-order valence-corrected chi connectivity index (χ2v) is 5.95. The van der Waals surface area contributed by atoms with Crippen molar-refractivity contribution in [3.63, 3.8) is 0 Å². The predicted octanol–water partition coefficient (Wildman–Crippen LogP) is 1.97. The summed E-state index contributed by atoms with van der Waals surface area (Å²) in [4.78, 5) is 22.6. The third-order valence-electron chi connectivity index (χ3n) is 3.65. The number of hydrogen-bond acceptors (Lipinski definition) is 3. The van der Waals surface area contributed by atoms with Crippen LogP contribution in [0.5, 0.6) is 0 Å². The Morgan fingerprint density at radius 1 is 1.43 bits per heavy atom. The molecule has 6 heteroatoms. The van der Waals surface area contributed by atoms with Crippen molar-refractivity contribution in [1.82, 2.24) is 10.6 Å². The summed E-state index contributed by atoms with van der Waals surface area (Å²) in [6.45, 7) is 7.63. The first kappa shape index (κ1) is 19.9. The van der Waals surface area contributed by atoms with Gasteiger partial charge in [0.2, 0.25) is 5.91 Å². The molecule has 0 unspecified atom stereocenters. The number of nitrogens with one attached hydrogen (secondary N) is 2. The standard InChI is InChI=1S/C15H26N2O3.ClH/c1-5-6-11-8-13(15(19)20)17-14(11)12(7-9(2)3)16-10(4)18;/h5-6,9,11-14,17H,7-8H2,1-4H3,(H,16,18)(H,19,20);1H/b6-5+;/t11-,12+,13-,14-;/m1./s1. The average Bonchev–Trinajstić information content (AvgIpc) is 2.71. The quantitative estimate of drug-likeness (QED) is 0.654. The molecule has 1 rings (SSSR count). The molecule has 0 aromatic heterocycles. The predicted molar refractivity (Wildman–Crippen MR) is 85.6 cm³/mol. The van der Waals surface area contributed by atoms with Crippen LogP contribution in [0.15, 0.2) is 12.2 Å². The third-order valence-corrected chi connectivity index (χ3v) is 3.65. The number of carboxylic acid groups (broad SMARTS) is 1. The molecule has 1 amide bonds. The van der Waals surface area contributed by atoms with Gasteiger partial charge in [-0.2, -0.15) is 0 Å². The Morgan fingerprint density at radius 2 is 2.05 bits per heavy atom. The number of allylic oxidation sites excluding steroid dienone is 1. The van der Waals surface area contributed by atoms with E-state index >= 15 is 0 Å². The van der Waals surface area contributed by atoms with E-state index in [4.69, 9.17) is 0 Å². The van der Waals surface area contributed by atoms with Gasteiger partial charge in [-0.25, -0.2) is 0 Å². The van der Waals surface area contributed by atoms with Crippen LogP contribution < -0.4 is 10.6 Å². The van der Waals surface area contributed by atoms with Crippen LogP contribution in [-0.4, -0.2) is 35.1 Å². The maximum absolute atomic E-state index is 11.4. The van der Waals surface area contributed by atoms with Gasteiger partial charge in [0.25, 0.3) is 0 Å². The van der Waals surface area contributed by atoms with E-state index in [9.17, 15) is 14.7 Å². The lowest BCUT2D eigenvalue weighted by molar-refractivity contribution is -0.139. The molecule has 0 aromatic carbocycles. The van der Waals surface area contributed by atoms with E-state index in [-0.39, 0.29) is 36.3 Å². The minimum Gasteiger partial charge on any atom is -0.480 e. The highest BCUT2D eigenvalue weighted by Gasteiger charge is 2.40. The van der Waals surface area contributed by atoms with E-state index in [1.165, 1.54) is 6.92 Å². The van der Waals surface area contributed by atoms with Crippen molar-refractivity contribution in [3.8, 4) is 0 Å². The van der Waals surface area contributed by atoms with Gasteiger partial charge in [0.15, 0.2) is 0 Å². The number of carbonyl (C=O) groups is 2. The molecule has 0 aliphatic carbocycles. The van der Waals surface area contributed by atoms with Gasteiger partial charge in [-0.3, -0.25) is 14.9 Å². The van der Waals surface area contributed by atoms with Crippen LogP contribution in [0.3, 0.4) is 0 Å². The number of aliphatic carboxylic acids is 1. The van der Waals surface area contributed by atoms with Crippen LogP contribution in [0.1, 0.15) is 40.5 Å². The topological polar surface area (TPSA) is 78.4 Å². The van der Waals surface area contributed by atoms with E-state index in [1.54, 1.807) is 0 Å². The van der Waals surface area contributed by atoms with E-state index < -0.39 is 12.0 Å². The first-order valence-corrected chi connectivity index (χ1v) is 7.23. The normalized spacial score (nSPS) is 26.6. The number of carboxylic acids is 1.